The highest BCUT2D eigenvalue weighted by Crippen LogP contribution is 2.17. The van der Waals surface area contributed by atoms with Crippen LogP contribution in [0.2, 0.25) is 0 Å². The molecule has 0 aliphatic heterocycles. The van der Waals surface area contributed by atoms with Crippen LogP contribution in [-0.4, -0.2) is 19.3 Å². The van der Waals surface area contributed by atoms with Crippen molar-refractivity contribution in [2.45, 2.75) is 52.5 Å². The lowest BCUT2D eigenvalue weighted by Gasteiger charge is -2.25. The van der Waals surface area contributed by atoms with Gasteiger partial charge in [0.05, 0.1) is 6.61 Å². The Bertz CT molecular complexity index is 114. The van der Waals surface area contributed by atoms with Gasteiger partial charge in [-0.1, -0.05) is 26.7 Å². The zero-order valence-electron chi connectivity index (χ0n) is 9.88. The van der Waals surface area contributed by atoms with Crippen molar-refractivity contribution in [1.29, 1.82) is 0 Å². The lowest BCUT2D eigenvalue weighted by Crippen LogP contribution is -2.44. The first kappa shape index (κ1) is 13.9. The van der Waals surface area contributed by atoms with E-state index in [2.05, 4.69) is 19.3 Å². The molecule has 3 N–H and O–H groups in total. The topological polar surface area (TPSA) is 47.3 Å². The fourth-order valence-electron chi connectivity index (χ4n) is 1.85. The summed E-state index contributed by atoms with van der Waals surface area (Å²) in [5.74, 6) is 6.20. The molecule has 0 saturated heterocycles. The summed E-state index contributed by atoms with van der Waals surface area (Å²) in [6.45, 7) is 7.96. The van der Waals surface area contributed by atoms with Gasteiger partial charge in [-0.2, -0.15) is 0 Å². The van der Waals surface area contributed by atoms with E-state index >= 15 is 0 Å². The van der Waals surface area contributed by atoms with Gasteiger partial charge in [0, 0.05) is 12.6 Å². The lowest BCUT2D eigenvalue weighted by atomic mass is 9.91. The molecule has 86 valence electrons. The van der Waals surface area contributed by atoms with Crippen LogP contribution >= 0.6 is 0 Å². The summed E-state index contributed by atoms with van der Waals surface area (Å²) in [6.07, 6.45) is 4.90. The molecule has 14 heavy (non-hydrogen) atoms. The fraction of sp³-hybridized carbons (Fsp3) is 1.00. The second kappa shape index (κ2) is 9.44. The number of nitrogens with two attached hydrogens (primary N) is 1. The summed E-state index contributed by atoms with van der Waals surface area (Å²) < 4.78 is 5.42. The predicted octanol–water partition coefficient (Wildman–Crippen LogP) is 2.07. The van der Waals surface area contributed by atoms with E-state index < -0.39 is 0 Å². The third kappa shape index (κ3) is 5.58. The largest absolute Gasteiger partial charge is 0.380 e. The molecule has 0 amide bonds. The van der Waals surface area contributed by atoms with E-state index in [1.165, 1.54) is 25.7 Å². The van der Waals surface area contributed by atoms with Gasteiger partial charge in [-0.15, -0.1) is 0 Å². The maximum atomic E-state index is 5.54. The van der Waals surface area contributed by atoms with Crippen molar-refractivity contribution in [3.8, 4) is 0 Å². The maximum Gasteiger partial charge on any atom is 0.0635 e. The van der Waals surface area contributed by atoms with Gasteiger partial charge in [-0.05, 0) is 25.7 Å². The molecule has 0 heterocycles. The molecule has 0 spiro atoms. The van der Waals surface area contributed by atoms with Crippen LogP contribution < -0.4 is 11.3 Å². The number of hydrazine groups is 1. The standard InChI is InChI=1S/C11H26N2O/c1-4-7-10(8-5-2)11(13-12)9-14-6-3/h10-11,13H,4-9,12H2,1-3H3. The second-order valence-electron chi connectivity index (χ2n) is 3.77. The van der Waals surface area contributed by atoms with Gasteiger partial charge >= 0.3 is 0 Å². The van der Waals surface area contributed by atoms with Gasteiger partial charge in [0.25, 0.3) is 0 Å². The molecule has 1 atom stereocenters. The SMILES string of the molecule is CCCC(CCC)C(COCC)NN. The Kier molecular flexibility index (Phi) is 9.35. The molecule has 0 aromatic carbocycles. The number of nitrogens with one attached hydrogen (secondary N) is 1. The highest BCUT2D eigenvalue weighted by atomic mass is 16.5. The first-order valence-corrected chi connectivity index (χ1v) is 5.83. The molecule has 0 aliphatic carbocycles. The van der Waals surface area contributed by atoms with Crippen molar-refractivity contribution < 1.29 is 4.74 Å². The number of rotatable bonds is 9. The van der Waals surface area contributed by atoms with Crippen molar-refractivity contribution in [2.24, 2.45) is 11.8 Å². The minimum Gasteiger partial charge on any atom is -0.380 e. The van der Waals surface area contributed by atoms with Crippen LogP contribution in [0.1, 0.15) is 46.5 Å². The minimum absolute atomic E-state index is 0.315. The Balaban J connectivity index is 3.96. The molecule has 1 unspecified atom stereocenters. The smallest absolute Gasteiger partial charge is 0.0635 e. The van der Waals surface area contributed by atoms with Crippen LogP contribution in [0, 0.1) is 5.92 Å². The zero-order valence-corrected chi connectivity index (χ0v) is 9.88. The van der Waals surface area contributed by atoms with Crippen LogP contribution in [0.25, 0.3) is 0 Å². The van der Waals surface area contributed by atoms with Gasteiger partial charge in [-0.3, -0.25) is 11.3 Å². The first-order valence-electron chi connectivity index (χ1n) is 5.83. The van der Waals surface area contributed by atoms with Crippen LogP contribution in [0.3, 0.4) is 0 Å². The van der Waals surface area contributed by atoms with Crippen LogP contribution in [0.5, 0.6) is 0 Å². The Morgan fingerprint density at radius 2 is 1.71 bits per heavy atom. The average Bonchev–Trinajstić information content (AvgIpc) is 2.19. The molecule has 0 aliphatic rings. The highest BCUT2D eigenvalue weighted by molar-refractivity contribution is 4.73. The van der Waals surface area contributed by atoms with Gasteiger partial charge in [0.1, 0.15) is 0 Å². The second-order valence-corrected chi connectivity index (χ2v) is 3.77. The third-order valence-corrected chi connectivity index (χ3v) is 2.60. The number of ether oxygens (including phenoxy) is 1. The van der Waals surface area contributed by atoms with E-state index in [-0.39, 0.29) is 0 Å². The monoisotopic (exact) mass is 202 g/mol. The molecule has 3 nitrogen and oxygen atoms in total. The zero-order chi connectivity index (χ0) is 10.8. The molecule has 0 radical (unpaired) electrons. The molecule has 0 aromatic rings. The van der Waals surface area contributed by atoms with E-state index in [4.69, 9.17) is 10.6 Å². The van der Waals surface area contributed by atoms with E-state index in [9.17, 15) is 0 Å². The summed E-state index contributed by atoms with van der Waals surface area (Å²) in [4.78, 5) is 0. The summed E-state index contributed by atoms with van der Waals surface area (Å²) in [7, 11) is 0. The summed E-state index contributed by atoms with van der Waals surface area (Å²) in [5.41, 5.74) is 2.88. The van der Waals surface area contributed by atoms with Crippen molar-refractivity contribution >= 4 is 0 Å². The Hall–Kier alpha value is -0.120. The molecule has 0 bridgehead atoms. The lowest BCUT2D eigenvalue weighted by molar-refractivity contribution is 0.0980. The quantitative estimate of drug-likeness (QED) is 0.444. The van der Waals surface area contributed by atoms with Crippen molar-refractivity contribution in [3.05, 3.63) is 0 Å². The van der Waals surface area contributed by atoms with Crippen LogP contribution in [-0.2, 0) is 4.74 Å². The van der Waals surface area contributed by atoms with Gasteiger partial charge in [-0.25, -0.2) is 0 Å². The Morgan fingerprint density at radius 3 is 2.07 bits per heavy atom. The summed E-state index contributed by atoms with van der Waals surface area (Å²) in [5, 5.41) is 0. The Labute approximate surface area is 88.4 Å². The van der Waals surface area contributed by atoms with Crippen molar-refractivity contribution in [2.75, 3.05) is 13.2 Å². The van der Waals surface area contributed by atoms with Gasteiger partial charge in [0.15, 0.2) is 0 Å². The molecule has 0 rings (SSSR count). The summed E-state index contributed by atoms with van der Waals surface area (Å²) in [6, 6.07) is 0.315. The van der Waals surface area contributed by atoms with Gasteiger partial charge in [0.2, 0.25) is 0 Å². The molecule has 0 saturated carbocycles. The third-order valence-electron chi connectivity index (χ3n) is 2.60. The van der Waals surface area contributed by atoms with E-state index in [1.807, 2.05) is 6.92 Å². The minimum atomic E-state index is 0.315. The fourth-order valence-corrected chi connectivity index (χ4v) is 1.85. The van der Waals surface area contributed by atoms with Crippen LogP contribution in [0.4, 0.5) is 0 Å². The van der Waals surface area contributed by atoms with Crippen LogP contribution in [0.15, 0.2) is 0 Å². The van der Waals surface area contributed by atoms with E-state index in [0.29, 0.717) is 12.0 Å². The van der Waals surface area contributed by atoms with Crippen molar-refractivity contribution in [1.82, 2.24) is 5.43 Å². The average molecular weight is 202 g/mol. The molecular formula is C11H26N2O. The predicted molar refractivity (Wildman–Crippen MR) is 60.9 cm³/mol. The highest BCUT2D eigenvalue weighted by Gasteiger charge is 2.18. The molecule has 0 aromatic heterocycles. The van der Waals surface area contributed by atoms with Gasteiger partial charge < -0.3 is 4.74 Å². The molecule has 3 heteroatoms. The number of hydrogen-bond acceptors (Lipinski definition) is 3. The van der Waals surface area contributed by atoms with E-state index in [1.54, 1.807) is 0 Å². The maximum absolute atomic E-state index is 5.54. The Morgan fingerprint density at radius 1 is 1.14 bits per heavy atom. The molecule has 0 fully saturated rings. The van der Waals surface area contributed by atoms with E-state index in [0.717, 1.165) is 13.2 Å². The van der Waals surface area contributed by atoms with Crippen molar-refractivity contribution in [3.63, 3.8) is 0 Å². The molecular weight excluding hydrogens is 176 g/mol. The first-order chi connectivity index (χ1) is 6.79. The normalized spacial score (nSPS) is 13.5. The number of hydrogen-bond donors (Lipinski definition) is 2. The summed E-state index contributed by atoms with van der Waals surface area (Å²) >= 11 is 0.